The Kier molecular flexibility index (Phi) is 4.43. The van der Waals surface area contributed by atoms with Crippen LogP contribution in [-0.4, -0.2) is 27.6 Å². The lowest BCUT2D eigenvalue weighted by Gasteiger charge is -2.04. The van der Waals surface area contributed by atoms with E-state index in [1.165, 1.54) is 22.7 Å². The van der Waals surface area contributed by atoms with Gasteiger partial charge in [-0.3, -0.25) is 10.1 Å². The summed E-state index contributed by atoms with van der Waals surface area (Å²) in [6.45, 7) is 6.91. The molecule has 0 saturated heterocycles. The standard InChI is InChI=1S/C11H15N5OS2/c1-6(2)4-12-10-13-8(5-18-10)9(17)14-11-16-15-7(3)19-11/h5-6H,4H2,1-3H3,(H,12,13)(H,14,16,17). The monoisotopic (exact) mass is 297 g/mol. The Morgan fingerprint density at radius 1 is 1.37 bits per heavy atom. The number of nitrogens with zero attached hydrogens (tertiary/aromatic N) is 3. The van der Waals surface area contributed by atoms with E-state index in [4.69, 9.17) is 0 Å². The summed E-state index contributed by atoms with van der Waals surface area (Å²) in [6.07, 6.45) is 0. The van der Waals surface area contributed by atoms with E-state index >= 15 is 0 Å². The Bertz CT molecular complexity index is 563. The molecule has 2 rings (SSSR count). The lowest BCUT2D eigenvalue weighted by Crippen LogP contribution is -2.13. The molecular weight excluding hydrogens is 282 g/mol. The van der Waals surface area contributed by atoms with Crippen molar-refractivity contribution in [3.63, 3.8) is 0 Å². The smallest absolute Gasteiger partial charge is 0.277 e. The predicted octanol–water partition coefficient (Wildman–Crippen LogP) is 2.62. The molecule has 1 amide bonds. The number of amides is 1. The fourth-order valence-electron chi connectivity index (χ4n) is 1.26. The lowest BCUT2D eigenvalue weighted by atomic mass is 10.2. The molecule has 0 aliphatic rings. The molecule has 2 heterocycles. The van der Waals surface area contributed by atoms with Gasteiger partial charge >= 0.3 is 0 Å². The van der Waals surface area contributed by atoms with Crippen LogP contribution in [0.2, 0.25) is 0 Å². The number of hydrogen-bond acceptors (Lipinski definition) is 7. The number of carbonyl (C=O) groups excluding carboxylic acids is 1. The Labute approximate surface area is 119 Å². The molecule has 0 fully saturated rings. The molecule has 102 valence electrons. The van der Waals surface area contributed by atoms with Gasteiger partial charge in [0.1, 0.15) is 10.7 Å². The zero-order valence-electron chi connectivity index (χ0n) is 10.9. The summed E-state index contributed by atoms with van der Waals surface area (Å²) in [6, 6.07) is 0. The number of thiazole rings is 1. The maximum atomic E-state index is 11.9. The average Bonchev–Trinajstić information content (AvgIpc) is 2.95. The zero-order chi connectivity index (χ0) is 13.8. The molecular formula is C11H15N5OS2. The zero-order valence-corrected chi connectivity index (χ0v) is 12.6. The van der Waals surface area contributed by atoms with E-state index in [0.717, 1.165) is 16.7 Å². The van der Waals surface area contributed by atoms with Crippen molar-refractivity contribution >= 4 is 38.8 Å². The Balaban J connectivity index is 1.96. The van der Waals surface area contributed by atoms with Crippen LogP contribution in [0.15, 0.2) is 5.38 Å². The second kappa shape index (κ2) is 6.07. The molecule has 2 N–H and O–H groups in total. The maximum absolute atomic E-state index is 11.9. The quantitative estimate of drug-likeness (QED) is 0.887. The van der Waals surface area contributed by atoms with Crippen LogP contribution in [0.3, 0.4) is 0 Å². The van der Waals surface area contributed by atoms with Gasteiger partial charge in [0.15, 0.2) is 5.13 Å². The first-order chi connectivity index (χ1) is 9.04. The molecule has 2 aromatic heterocycles. The van der Waals surface area contributed by atoms with Crippen LogP contribution in [0.4, 0.5) is 10.3 Å². The maximum Gasteiger partial charge on any atom is 0.277 e. The predicted molar refractivity (Wildman–Crippen MR) is 78.0 cm³/mol. The molecule has 0 aliphatic heterocycles. The highest BCUT2D eigenvalue weighted by Crippen LogP contribution is 2.18. The third-order valence-electron chi connectivity index (χ3n) is 2.14. The van der Waals surface area contributed by atoms with Crippen molar-refractivity contribution in [3.05, 3.63) is 16.1 Å². The highest BCUT2D eigenvalue weighted by Gasteiger charge is 2.13. The molecule has 8 heteroatoms. The van der Waals surface area contributed by atoms with Crippen molar-refractivity contribution in [2.45, 2.75) is 20.8 Å². The fourth-order valence-corrected chi connectivity index (χ4v) is 2.55. The average molecular weight is 297 g/mol. The number of aryl methyl sites for hydroxylation is 1. The number of hydrogen-bond donors (Lipinski definition) is 2. The molecule has 19 heavy (non-hydrogen) atoms. The van der Waals surface area contributed by atoms with Crippen LogP contribution in [0.25, 0.3) is 0 Å². The summed E-state index contributed by atoms with van der Waals surface area (Å²) in [5.74, 6) is 0.274. The first-order valence-electron chi connectivity index (χ1n) is 5.85. The van der Waals surface area contributed by atoms with Gasteiger partial charge in [0, 0.05) is 11.9 Å². The molecule has 0 unspecified atom stereocenters. The van der Waals surface area contributed by atoms with Crippen molar-refractivity contribution in [1.29, 1.82) is 0 Å². The highest BCUT2D eigenvalue weighted by molar-refractivity contribution is 7.15. The largest absolute Gasteiger partial charge is 0.361 e. The van der Waals surface area contributed by atoms with Crippen molar-refractivity contribution in [1.82, 2.24) is 15.2 Å². The Morgan fingerprint density at radius 2 is 2.16 bits per heavy atom. The Morgan fingerprint density at radius 3 is 2.79 bits per heavy atom. The third-order valence-corrected chi connectivity index (χ3v) is 3.70. The van der Waals surface area contributed by atoms with E-state index < -0.39 is 0 Å². The normalized spacial score (nSPS) is 10.7. The highest BCUT2D eigenvalue weighted by atomic mass is 32.1. The van der Waals surface area contributed by atoms with Gasteiger partial charge < -0.3 is 5.32 Å². The summed E-state index contributed by atoms with van der Waals surface area (Å²) < 4.78 is 0. The summed E-state index contributed by atoms with van der Waals surface area (Å²) >= 11 is 2.76. The van der Waals surface area contributed by atoms with Crippen LogP contribution in [0.1, 0.15) is 29.3 Å². The van der Waals surface area contributed by atoms with E-state index in [0.29, 0.717) is 16.7 Å². The van der Waals surface area contributed by atoms with Crippen molar-refractivity contribution in [2.75, 3.05) is 17.2 Å². The molecule has 0 bridgehead atoms. The second-order valence-electron chi connectivity index (χ2n) is 4.39. The van der Waals surface area contributed by atoms with E-state index in [1.54, 1.807) is 5.38 Å². The van der Waals surface area contributed by atoms with E-state index in [9.17, 15) is 4.79 Å². The minimum absolute atomic E-state index is 0.259. The number of carbonyl (C=O) groups is 1. The fraction of sp³-hybridized carbons (Fsp3) is 0.455. The van der Waals surface area contributed by atoms with Crippen molar-refractivity contribution < 1.29 is 4.79 Å². The van der Waals surface area contributed by atoms with Crippen LogP contribution >= 0.6 is 22.7 Å². The van der Waals surface area contributed by atoms with Crippen molar-refractivity contribution in [2.24, 2.45) is 5.92 Å². The van der Waals surface area contributed by atoms with Crippen molar-refractivity contribution in [3.8, 4) is 0 Å². The van der Waals surface area contributed by atoms with E-state index in [2.05, 4.69) is 39.7 Å². The van der Waals surface area contributed by atoms with Crippen LogP contribution in [0.5, 0.6) is 0 Å². The van der Waals surface area contributed by atoms with Gasteiger partial charge in [-0.25, -0.2) is 4.98 Å². The molecule has 0 radical (unpaired) electrons. The number of nitrogens with one attached hydrogen (secondary N) is 2. The Hall–Kier alpha value is -1.54. The summed E-state index contributed by atoms with van der Waals surface area (Å²) in [4.78, 5) is 16.2. The van der Waals surface area contributed by atoms with Gasteiger partial charge in [-0.2, -0.15) is 0 Å². The van der Waals surface area contributed by atoms with Gasteiger partial charge in [-0.05, 0) is 12.8 Å². The number of rotatable bonds is 5. The summed E-state index contributed by atoms with van der Waals surface area (Å²) in [5.41, 5.74) is 0.393. The third kappa shape index (κ3) is 3.97. The number of aromatic nitrogens is 3. The van der Waals surface area contributed by atoms with Gasteiger partial charge in [0.05, 0.1) is 0 Å². The summed E-state index contributed by atoms with van der Waals surface area (Å²) in [7, 11) is 0. The lowest BCUT2D eigenvalue weighted by molar-refractivity contribution is 0.102. The summed E-state index contributed by atoms with van der Waals surface area (Å²) in [5, 5.41) is 17.3. The van der Waals surface area contributed by atoms with Crippen LogP contribution in [-0.2, 0) is 0 Å². The minimum Gasteiger partial charge on any atom is -0.361 e. The SMILES string of the molecule is Cc1nnc(NC(=O)c2csc(NCC(C)C)n2)s1. The van der Waals surface area contributed by atoms with Crippen LogP contribution in [0, 0.1) is 12.8 Å². The second-order valence-corrected chi connectivity index (χ2v) is 6.43. The molecule has 2 aromatic rings. The molecule has 6 nitrogen and oxygen atoms in total. The molecule has 0 aromatic carbocycles. The molecule has 0 saturated carbocycles. The van der Waals surface area contributed by atoms with Gasteiger partial charge in [0.25, 0.3) is 5.91 Å². The van der Waals surface area contributed by atoms with Crippen LogP contribution < -0.4 is 10.6 Å². The van der Waals surface area contributed by atoms with Gasteiger partial charge in [0.2, 0.25) is 5.13 Å². The first kappa shape index (κ1) is 13.9. The topological polar surface area (TPSA) is 79.8 Å². The molecule has 0 aliphatic carbocycles. The minimum atomic E-state index is -0.259. The molecule has 0 spiro atoms. The van der Waals surface area contributed by atoms with Gasteiger partial charge in [-0.15, -0.1) is 21.5 Å². The molecule has 0 atom stereocenters. The van der Waals surface area contributed by atoms with E-state index in [-0.39, 0.29) is 5.91 Å². The van der Waals surface area contributed by atoms with Gasteiger partial charge in [-0.1, -0.05) is 25.2 Å². The number of anilines is 2. The first-order valence-corrected chi connectivity index (χ1v) is 7.55. The van der Waals surface area contributed by atoms with E-state index in [1.807, 2.05) is 6.92 Å².